The van der Waals surface area contributed by atoms with E-state index in [0.717, 1.165) is 0 Å². The molecule has 3 heterocycles. The summed E-state index contributed by atoms with van der Waals surface area (Å²) in [6.45, 7) is 0. The van der Waals surface area contributed by atoms with Gasteiger partial charge in [0, 0.05) is 7.05 Å². The summed E-state index contributed by atoms with van der Waals surface area (Å²) in [7, 11) is 1.70. The van der Waals surface area contributed by atoms with Crippen molar-refractivity contribution in [3.63, 3.8) is 0 Å². The highest BCUT2D eigenvalue weighted by Gasteiger charge is 2.14. The Kier molecular flexibility index (Phi) is 1.43. The SMILES string of the molecule is Cn1ncc2c(=O)nc3c(C#N)n[nH]n3c21. The molecule has 78 valence electrons. The highest BCUT2D eigenvalue weighted by Crippen LogP contribution is 2.10. The number of aromatic nitrogens is 6. The van der Waals surface area contributed by atoms with Gasteiger partial charge in [0.05, 0.1) is 6.20 Å². The predicted molar refractivity (Wildman–Crippen MR) is 52.6 cm³/mol. The Morgan fingerprint density at radius 3 is 3.12 bits per heavy atom. The first-order chi connectivity index (χ1) is 7.72. The summed E-state index contributed by atoms with van der Waals surface area (Å²) in [6, 6.07) is 1.86. The minimum atomic E-state index is -0.416. The van der Waals surface area contributed by atoms with Gasteiger partial charge in [0.2, 0.25) is 5.69 Å². The molecule has 0 spiro atoms. The molecule has 0 aliphatic heterocycles. The van der Waals surface area contributed by atoms with Gasteiger partial charge in [0.25, 0.3) is 5.56 Å². The van der Waals surface area contributed by atoms with Crippen molar-refractivity contribution in [1.29, 1.82) is 5.26 Å². The molecule has 16 heavy (non-hydrogen) atoms. The third kappa shape index (κ3) is 0.864. The molecular formula is C8H5N7O. The Labute approximate surface area is 87.7 Å². The summed E-state index contributed by atoms with van der Waals surface area (Å²) in [6.07, 6.45) is 1.43. The average Bonchev–Trinajstić information content (AvgIpc) is 2.82. The van der Waals surface area contributed by atoms with E-state index in [0.29, 0.717) is 11.0 Å². The summed E-state index contributed by atoms with van der Waals surface area (Å²) in [5, 5.41) is 19.5. The van der Waals surface area contributed by atoms with Crippen molar-refractivity contribution in [3.05, 3.63) is 22.2 Å². The van der Waals surface area contributed by atoms with Crippen LogP contribution in [-0.2, 0) is 7.05 Å². The number of rotatable bonds is 0. The van der Waals surface area contributed by atoms with E-state index in [9.17, 15) is 4.79 Å². The lowest BCUT2D eigenvalue weighted by atomic mass is 10.4. The topological polar surface area (TPSA) is 105 Å². The summed E-state index contributed by atoms with van der Waals surface area (Å²) in [4.78, 5) is 15.4. The number of aryl methyl sites for hydroxylation is 1. The second-order valence-electron chi connectivity index (χ2n) is 3.25. The number of H-pyrrole nitrogens is 1. The second-order valence-corrected chi connectivity index (χ2v) is 3.25. The van der Waals surface area contributed by atoms with Crippen molar-refractivity contribution in [3.8, 4) is 6.07 Å². The molecule has 0 bridgehead atoms. The molecule has 0 amide bonds. The Morgan fingerprint density at radius 2 is 2.38 bits per heavy atom. The van der Waals surface area contributed by atoms with Gasteiger partial charge < -0.3 is 0 Å². The zero-order valence-electron chi connectivity index (χ0n) is 8.17. The lowest BCUT2D eigenvalue weighted by Gasteiger charge is -1.96. The highest BCUT2D eigenvalue weighted by atomic mass is 16.1. The molecule has 0 atom stereocenters. The van der Waals surface area contributed by atoms with Crippen LogP contribution in [-0.4, -0.2) is 29.6 Å². The molecule has 0 radical (unpaired) electrons. The average molecular weight is 215 g/mol. The Bertz CT molecular complexity index is 799. The molecule has 1 N–H and O–H groups in total. The summed E-state index contributed by atoms with van der Waals surface area (Å²) < 4.78 is 2.98. The smallest absolute Gasteiger partial charge is 0.266 e. The molecule has 0 saturated heterocycles. The largest absolute Gasteiger partial charge is 0.284 e. The second kappa shape index (κ2) is 2.66. The fourth-order valence-electron chi connectivity index (χ4n) is 1.63. The van der Waals surface area contributed by atoms with Gasteiger partial charge in [-0.25, -0.2) is 5.21 Å². The van der Waals surface area contributed by atoms with Crippen molar-refractivity contribution in [2.45, 2.75) is 0 Å². The summed E-state index contributed by atoms with van der Waals surface area (Å²) >= 11 is 0. The van der Waals surface area contributed by atoms with Gasteiger partial charge >= 0.3 is 0 Å². The summed E-state index contributed by atoms with van der Waals surface area (Å²) in [5.74, 6) is 0. The lowest BCUT2D eigenvalue weighted by Crippen LogP contribution is -2.11. The first-order valence-electron chi connectivity index (χ1n) is 4.41. The minimum Gasteiger partial charge on any atom is -0.266 e. The zero-order chi connectivity index (χ0) is 11.3. The van der Waals surface area contributed by atoms with E-state index < -0.39 is 5.56 Å². The molecule has 8 nitrogen and oxygen atoms in total. The standard InChI is InChI=1S/C8H5N7O/c1-14-8-4(3-10-14)7(16)11-6-5(2-9)12-13-15(6)8/h3,13H,1H3. The normalized spacial score (nSPS) is 11.0. The molecule has 0 aromatic carbocycles. The Hall–Kier alpha value is -2.69. The van der Waals surface area contributed by atoms with Crippen LogP contribution in [0, 0.1) is 11.3 Å². The van der Waals surface area contributed by atoms with Crippen LogP contribution in [0.3, 0.4) is 0 Å². The maximum Gasteiger partial charge on any atom is 0.284 e. The minimum absolute atomic E-state index is 0.0835. The monoisotopic (exact) mass is 215 g/mol. The van der Waals surface area contributed by atoms with Crippen LogP contribution in [0.5, 0.6) is 0 Å². The van der Waals surface area contributed by atoms with Crippen LogP contribution < -0.4 is 5.56 Å². The fourth-order valence-corrected chi connectivity index (χ4v) is 1.63. The van der Waals surface area contributed by atoms with Gasteiger partial charge in [-0.2, -0.15) is 19.9 Å². The van der Waals surface area contributed by atoms with Crippen LogP contribution in [0.4, 0.5) is 0 Å². The van der Waals surface area contributed by atoms with E-state index >= 15 is 0 Å². The Morgan fingerprint density at radius 1 is 1.56 bits per heavy atom. The summed E-state index contributed by atoms with van der Waals surface area (Å²) in [5.41, 5.74) is 0.411. The van der Waals surface area contributed by atoms with Gasteiger partial charge in [-0.1, -0.05) is 0 Å². The Balaban J connectivity index is 2.70. The third-order valence-corrected chi connectivity index (χ3v) is 2.35. The molecule has 0 aliphatic carbocycles. The number of nitrogens with one attached hydrogen (secondary N) is 1. The van der Waals surface area contributed by atoms with Gasteiger partial charge in [0.15, 0.2) is 11.3 Å². The number of nitriles is 1. The molecule has 3 aromatic heterocycles. The number of hydrogen-bond acceptors (Lipinski definition) is 5. The van der Waals surface area contributed by atoms with Gasteiger partial charge in [0.1, 0.15) is 11.5 Å². The van der Waals surface area contributed by atoms with Crippen LogP contribution >= 0.6 is 0 Å². The van der Waals surface area contributed by atoms with Crippen molar-refractivity contribution in [1.82, 2.24) is 29.6 Å². The fraction of sp³-hybridized carbons (Fsp3) is 0.125. The first kappa shape index (κ1) is 8.60. The van der Waals surface area contributed by atoms with Crippen LogP contribution in [0.25, 0.3) is 16.7 Å². The van der Waals surface area contributed by atoms with Crippen LogP contribution in [0.2, 0.25) is 0 Å². The molecule has 8 heteroatoms. The van der Waals surface area contributed by atoms with E-state index in [4.69, 9.17) is 5.26 Å². The molecule has 0 fully saturated rings. The molecule has 0 aliphatic rings. The van der Waals surface area contributed by atoms with Crippen molar-refractivity contribution >= 4 is 16.7 Å². The van der Waals surface area contributed by atoms with Gasteiger partial charge in [-0.05, 0) is 0 Å². The van der Waals surface area contributed by atoms with Gasteiger partial charge in [-0.15, -0.1) is 5.10 Å². The van der Waals surface area contributed by atoms with Crippen LogP contribution in [0.1, 0.15) is 5.69 Å². The van der Waals surface area contributed by atoms with Crippen LogP contribution in [0.15, 0.2) is 11.0 Å². The number of aromatic amines is 1. The van der Waals surface area contributed by atoms with Crippen molar-refractivity contribution in [2.75, 3.05) is 0 Å². The molecule has 3 rings (SSSR count). The zero-order valence-corrected chi connectivity index (χ0v) is 8.17. The molecule has 0 unspecified atom stereocenters. The number of nitrogens with zero attached hydrogens (tertiary/aromatic N) is 6. The molecule has 0 saturated carbocycles. The maximum absolute atomic E-state index is 11.6. The van der Waals surface area contributed by atoms with E-state index in [1.54, 1.807) is 7.05 Å². The maximum atomic E-state index is 11.6. The predicted octanol–water partition coefficient (Wildman–Crippen LogP) is -0.824. The van der Waals surface area contributed by atoms with E-state index in [2.05, 4.69) is 20.4 Å². The van der Waals surface area contributed by atoms with E-state index in [1.165, 1.54) is 15.4 Å². The number of hydrogen-bond donors (Lipinski definition) is 1. The lowest BCUT2D eigenvalue weighted by molar-refractivity contribution is 0.752. The van der Waals surface area contributed by atoms with Gasteiger partial charge in [-0.3, -0.25) is 9.48 Å². The number of fused-ring (bicyclic) bond motifs is 3. The third-order valence-electron chi connectivity index (χ3n) is 2.35. The van der Waals surface area contributed by atoms with E-state index in [1.807, 2.05) is 6.07 Å². The quantitative estimate of drug-likeness (QED) is 0.527. The van der Waals surface area contributed by atoms with Crippen molar-refractivity contribution < 1.29 is 0 Å². The first-order valence-corrected chi connectivity index (χ1v) is 4.41. The highest BCUT2D eigenvalue weighted by molar-refractivity contribution is 5.76. The molecule has 3 aromatic rings. The van der Waals surface area contributed by atoms with Crippen molar-refractivity contribution in [2.24, 2.45) is 7.05 Å². The van der Waals surface area contributed by atoms with E-state index in [-0.39, 0.29) is 11.3 Å². The molecular weight excluding hydrogens is 210 g/mol.